The molecule has 1 aliphatic rings. The van der Waals surface area contributed by atoms with Gasteiger partial charge in [0, 0.05) is 19.0 Å². The third kappa shape index (κ3) is 4.97. The lowest BCUT2D eigenvalue weighted by atomic mass is 10.1. The smallest absolute Gasteiger partial charge is 0.353 e. The van der Waals surface area contributed by atoms with E-state index in [-0.39, 0.29) is 13.0 Å². The van der Waals surface area contributed by atoms with Crippen LogP contribution in [0.2, 0.25) is 0 Å². The number of aliphatic hydroxyl groups is 2. The Labute approximate surface area is 159 Å². The van der Waals surface area contributed by atoms with E-state index in [0.29, 0.717) is 5.71 Å². The molecule has 3 heterocycles. The van der Waals surface area contributed by atoms with Crippen molar-refractivity contribution in [2.45, 2.75) is 83.1 Å². The molecular weight excluding hydrogens is 348 g/mol. The van der Waals surface area contributed by atoms with Crippen LogP contribution >= 0.6 is 0 Å². The Morgan fingerprint density at radius 2 is 1.96 bits per heavy atom. The molecule has 1 aliphatic heterocycles. The minimum absolute atomic E-state index is 0.251. The Hall–Kier alpha value is -1.70. The number of rotatable bonds is 10. The quantitative estimate of drug-likeness (QED) is 0.617. The largest absolute Gasteiger partial charge is 0.443 e. The van der Waals surface area contributed by atoms with Crippen LogP contribution in [0.5, 0.6) is 0 Å². The number of nitrogens with zero attached hydrogens (tertiary/aromatic N) is 2. The number of aliphatic hydroxyl groups excluding tert-OH is 2. The van der Waals surface area contributed by atoms with Crippen molar-refractivity contribution in [3.05, 3.63) is 28.5 Å². The van der Waals surface area contributed by atoms with Crippen LogP contribution in [-0.2, 0) is 11.2 Å². The molecule has 3 atom stereocenters. The number of unbranched alkanes of at least 4 members (excludes halogenated alkanes) is 6. The van der Waals surface area contributed by atoms with Gasteiger partial charge in [-0.2, -0.15) is 4.98 Å². The van der Waals surface area contributed by atoms with E-state index < -0.39 is 24.1 Å². The van der Waals surface area contributed by atoms with Crippen molar-refractivity contribution in [1.82, 2.24) is 9.55 Å². The van der Waals surface area contributed by atoms with E-state index in [1.54, 1.807) is 6.20 Å². The highest BCUT2D eigenvalue weighted by molar-refractivity contribution is 5.72. The van der Waals surface area contributed by atoms with E-state index in [9.17, 15) is 15.0 Å². The lowest BCUT2D eigenvalue weighted by Crippen LogP contribution is -2.27. The van der Waals surface area contributed by atoms with Crippen molar-refractivity contribution < 1.29 is 19.4 Å². The fourth-order valence-corrected chi connectivity index (χ4v) is 3.61. The topological polar surface area (TPSA) is 97.7 Å². The molecule has 2 aromatic heterocycles. The van der Waals surface area contributed by atoms with Crippen LogP contribution in [0, 0.1) is 0 Å². The first-order valence-electron chi connectivity index (χ1n) is 10.1. The third-order valence-corrected chi connectivity index (χ3v) is 5.21. The van der Waals surface area contributed by atoms with Crippen molar-refractivity contribution >= 4 is 11.1 Å². The van der Waals surface area contributed by atoms with Crippen LogP contribution in [0.15, 0.2) is 21.5 Å². The number of hydrogen-bond acceptors (Lipinski definition) is 6. The molecule has 1 fully saturated rings. The molecule has 2 aromatic rings. The summed E-state index contributed by atoms with van der Waals surface area (Å²) in [6.45, 7) is 1.94. The van der Waals surface area contributed by atoms with Crippen molar-refractivity contribution in [2.24, 2.45) is 0 Å². The molecule has 0 aromatic carbocycles. The van der Waals surface area contributed by atoms with Gasteiger partial charge in [0.2, 0.25) is 5.71 Å². The molecule has 1 saturated heterocycles. The molecule has 0 aliphatic carbocycles. The molecule has 0 bridgehead atoms. The fourth-order valence-electron chi connectivity index (χ4n) is 3.61. The van der Waals surface area contributed by atoms with Gasteiger partial charge in [-0.25, -0.2) is 4.79 Å². The molecule has 3 rings (SSSR count). The predicted octanol–water partition coefficient (Wildman–Crippen LogP) is 2.92. The number of ether oxygens (including phenoxy) is 1. The Bertz CT molecular complexity index is 784. The molecule has 0 spiro atoms. The van der Waals surface area contributed by atoms with Gasteiger partial charge in [-0.3, -0.25) is 4.57 Å². The van der Waals surface area contributed by atoms with Crippen molar-refractivity contribution in [1.29, 1.82) is 0 Å². The lowest BCUT2D eigenvalue weighted by molar-refractivity contribution is -0.0457. The number of hydrogen-bond donors (Lipinski definition) is 2. The van der Waals surface area contributed by atoms with Gasteiger partial charge in [0.05, 0.1) is 18.1 Å². The summed E-state index contributed by atoms with van der Waals surface area (Å²) in [5.74, 6) is 0.837. The average Bonchev–Trinajstić information content (AvgIpc) is 3.22. The van der Waals surface area contributed by atoms with Gasteiger partial charge in [-0.15, -0.1) is 0 Å². The van der Waals surface area contributed by atoms with E-state index in [2.05, 4.69) is 11.9 Å². The second-order valence-electron chi connectivity index (χ2n) is 7.39. The fraction of sp³-hybridized carbons (Fsp3) is 0.700. The molecule has 7 nitrogen and oxygen atoms in total. The molecule has 2 N–H and O–H groups in total. The monoisotopic (exact) mass is 378 g/mol. The normalized spacial score (nSPS) is 22.7. The van der Waals surface area contributed by atoms with E-state index in [0.717, 1.165) is 24.0 Å². The molecule has 0 unspecified atom stereocenters. The summed E-state index contributed by atoms with van der Waals surface area (Å²) in [7, 11) is 0. The minimum Gasteiger partial charge on any atom is -0.443 e. The average molecular weight is 378 g/mol. The lowest BCUT2D eigenvalue weighted by Gasteiger charge is -2.13. The Morgan fingerprint density at radius 1 is 1.22 bits per heavy atom. The Morgan fingerprint density at radius 3 is 2.67 bits per heavy atom. The zero-order valence-electron chi connectivity index (χ0n) is 16.0. The van der Waals surface area contributed by atoms with Gasteiger partial charge in [0.1, 0.15) is 18.1 Å². The van der Waals surface area contributed by atoms with Gasteiger partial charge in [0.25, 0.3) is 0 Å². The minimum atomic E-state index is -0.792. The zero-order valence-corrected chi connectivity index (χ0v) is 16.0. The molecule has 27 heavy (non-hydrogen) atoms. The van der Waals surface area contributed by atoms with Crippen LogP contribution < -0.4 is 5.69 Å². The highest BCUT2D eigenvalue weighted by atomic mass is 16.5. The first-order chi connectivity index (χ1) is 13.1. The van der Waals surface area contributed by atoms with Crippen molar-refractivity contribution in [3.8, 4) is 0 Å². The summed E-state index contributed by atoms with van der Waals surface area (Å²) in [5, 5.41) is 19.8. The summed E-state index contributed by atoms with van der Waals surface area (Å²) in [5.41, 5.74) is -0.137. The molecule has 0 radical (unpaired) electrons. The van der Waals surface area contributed by atoms with Crippen LogP contribution in [0.25, 0.3) is 11.1 Å². The summed E-state index contributed by atoms with van der Waals surface area (Å²) < 4.78 is 12.6. The molecule has 150 valence electrons. The standard InChI is InChI=1S/C20H30N2O5/c1-2-3-4-5-6-7-8-9-15-10-14-12-22(20(25)21-19(14)26-15)18-11-16(24)17(13-23)27-18/h10,12,16-18,23-24H,2-9,11,13H2,1H3/t16-,17+,18+/m0/s1. The van der Waals surface area contributed by atoms with Gasteiger partial charge in [0.15, 0.2) is 0 Å². The van der Waals surface area contributed by atoms with Crippen LogP contribution in [0.1, 0.15) is 70.3 Å². The van der Waals surface area contributed by atoms with E-state index >= 15 is 0 Å². The summed E-state index contributed by atoms with van der Waals surface area (Å²) in [6, 6.07) is 1.92. The van der Waals surface area contributed by atoms with Crippen molar-refractivity contribution in [3.63, 3.8) is 0 Å². The summed E-state index contributed by atoms with van der Waals surface area (Å²) >= 11 is 0. The molecule has 0 amide bonds. The first-order valence-corrected chi connectivity index (χ1v) is 10.1. The molecule has 7 heteroatoms. The van der Waals surface area contributed by atoms with Crippen LogP contribution in [-0.4, -0.2) is 38.6 Å². The third-order valence-electron chi connectivity index (χ3n) is 5.21. The predicted molar refractivity (Wildman–Crippen MR) is 102 cm³/mol. The molecule has 0 saturated carbocycles. The maximum Gasteiger partial charge on any atom is 0.353 e. The number of fused-ring (bicyclic) bond motifs is 1. The highest BCUT2D eigenvalue weighted by Crippen LogP contribution is 2.28. The maximum atomic E-state index is 12.3. The first kappa shape index (κ1) is 20.0. The van der Waals surface area contributed by atoms with Gasteiger partial charge in [-0.1, -0.05) is 45.4 Å². The summed E-state index contributed by atoms with van der Waals surface area (Å²) in [6.07, 6.45) is 9.33. The zero-order chi connectivity index (χ0) is 19.2. The van der Waals surface area contributed by atoms with Crippen LogP contribution in [0.4, 0.5) is 0 Å². The van der Waals surface area contributed by atoms with E-state index in [1.807, 2.05) is 6.07 Å². The van der Waals surface area contributed by atoms with Crippen LogP contribution in [0.3, 0.4) is 0 Å². The Balaban J connectivity index is 1.60. The Kier molecular flexibility index (Phi) is 7.04. The highest BCUT2D eigenvalue weighted by Gasteiger charge is 2.35. The maximum absolute atomic E-state index is 12.3. The summed E-state index contributed by atoms with van der Waals surface area (Å²) in [4.78, 5) is 16.3. The van der Waals surface area contributed by atoms with E-state index in [4.69, 9.17) is 9.15 Å². The number of furan rings is 1. The number of aromatic nitrogens is 2. The van der Waals surface area contributed by atoms with E-state index in [1.165, 1.54) is 43.1 Å². The second kappa shape index (κ2) is 9.48. The SMILES string of the molecule is CCCCCCCCCc1cc2cn([C@H]3C[C@H](O)[C@@H](CO)O3)c(=O)nc2o1. The van der Waals surface area contributed by atoms with Gasteiger partial charge >= 0.3 is 5.69 Å². The molecular formula is C20H30N2O5. The number of aryl methyl sites for hydroxylation is 1. The van der Waals surface area contributed by atoms with Gasteiger partial charge in [-0.05, 0) is 12.5 Å². The second-order valence-corrected chi connectivity index (χ2v) is 7.39. The van der Waals surface area contributed by atoms with Crippen molar-refractivity contribution in [2.75, 3.05) is 6.61 Å². The van der Waals surface area contributed by atoms with Gasteiger partial charge < -0.3 is 19.4 Å².